The monoisotopic (exact) mass is 413 g/mol. The number of hydrogen-bond acceptors (Lipinski definition) is 7. The van der Waals surface area contributed by atoms with Crippen LogP contribution in [-0.4, -0.2) is 27.8 Å². The smallest absolute Gasteiger partial charge is 0.206 e. The van der Waals surface area contributed by atoms with Crippen molar-refractivity contribution in [3.63, 3.8) is 0 Å². The number of halogens is 1. The lowest BCUT2D eigenvalue weighted by atomic mass is 10.1. The number of rotatable bonds is 7. The van der Waals surface area contributed by atoms with E-state index in [1.807, 2.05) is 24.5 Å². The Labute approximate surface area is 170 Å². The summed E-state index contributed by atoms with van der Waals surface area (Å²) in [6, 6.07) is 9.53. The number of benzene rings is 1. The fraction of sp³-hybridized carbons (Fsp3) is 0.250. The fourth-order valence-corrected chi connectivity index (χ4v) is 4.85. The van der Waals surface area contributed by atoms with Gasteiger partial charge >= 0.3 is 0 Å². The number of aryl methyl sites for hydroxylation is 1. The quantitative estimate of drug-likeness (QED) is 0.464. The molecule has 0 unspecified atom stereocenters. The number of fused-ring (bicyclic) bond motifs is 1. The normalized spacial score (nSPS) is 12.4. The van der Waals surface area contributed by atoms with E-state index in [1.165, 1.54) is 16.7 Å². The molecule has 3 heterocycles. The lowest BCUT2D eigenvalue weighted by molar-refractivity contribution is 0.485. The predicted octanol–water partition coefficient (Wildman–Crippen LogP) is 4.57. The summed E-state index contributed by atoms with van der Waals surface area (Å²) < 4.78 is 13.7. The van der Waals surface area contributed by atoms with Crippen LogP contribution in [0.15, 0.2) is 42.7 Å². The third-order valence-electron chi connectivity index (χ3n) is 4.47. The average molecular weight is 414 g/mol. The SMILES string of the molecule is Cc1cncc2sc(-c3nnc(NC[C@@H](N)Cc4ccc(CF)cc4)s3)cc12. The molecule has 1 aromatic carbocycles. The zero-order valence-electron chi connectivity index (χ0n) is 15.4. The van der Waals surface area contributed by atoms with E-state index in [0.29, 0.717) is 18.5 Å². The molecule has 4 aromatic rings. The van der Waals surface area contributed by atoms with Crippen LogP contribution in [0.25, 0.3) is 20.0 Å². The maximum absolute atomic E-state index is 12.6. The highest BCUT2D eigenvalue weighted by Crippen LogP contribution is 2.36. The van der Waals surface area contributed by atoms with Gasteiger partial charge in [0.1, 0.15) is 6.67 Å². The van der Waals surface area contributed by atoms with Gasteiger partial charge < -0.3 is 11.1 Å². The number of nitrogens with two attached hydrogens (primary N) is 1. The highest BCUT2D eigenvalue weighted by Gasteiger charge is 2.12. The number of aromatic nitrogens is 3. The van der Waals surface area contributed by atoms with E-state index in [9.17, 15) is 4.39 Å². The highest BCUT2D eigenvalue weighted by atomic mass is 32.1. The van der Waals surface area contributed by atoms with Gasteiger partial charge in [-0.2, -0.15) is 0 Å². The van der Waals surface area contributed by atoms with Gasteiger partial charge in [0.05, 0.1) is 9.58 Å². The molecule has 28 heavy (non-hydrogen) atoms. The van der Waals surface area contributed by atoms with Crippen LogP contribution in [0.5, 0.6) is 0 Å². The van der Waals surface area contributed by atoms with Gasteiger partial charge in [0.25, 0.3) is 0 Å². The molecule has 0 spiro atoms. The molecule has 0 fully saturated rings. The Morgan fingerprint density at radius 1 is 1.11 bits per heavy atom. The molecular formula is C20H20FN5S2. The first-order valence-electron chi connectivity index (χ1n) is 8.93. The van der Waals surface area contributed by atoms with Crippen LogP contribution in [0.4, 0.5) is 9.52 Å². The van der Waals surface area contributed by atoms with Crippen LogP contribution in [0.1, 0.15) is 16.7 Å². The fourth-order valence-electron chi connectivity index (χ4n) is 2.95. The van der Waals surface area contributed by atoms with Crippen molar-refractivity contribution in [2.45, 2.75) is 26.1 Å². The second kappa shape index (κ2) is 8.30. The number of hydrogen-bond donors (Lipinski definition) is 2. The van der Waals surface area contributed by atoms with Gasteiger partial charge in [0.15, 0.2) is 5.01 Å². The standard InChI is InChI=1S/C20H20FN5S2/c1-12-9-23-11-18-16(12)7-17(27-18)19-25-26-20(28-19)24-10-15(22)6-13-2-4-14(8-21)5-3-13/h2-5,7,9,11,15H,6,8,10,22H2,1H3,(H,24,26)/t15-/m0/s1. The highest BCUT2D eigenvalue weighted by molar-refractivity contribution is 7.26. The first-order valence-corrected chi connectivity index (χ1v) is 10.6. The van der Waals surface area contributed by atoms with Crippen molar-refractivity contribution in [2.24, 2.45) is 5.73 Å². The minimum Gasteiger partial charge on any atom is -0.359 e. The van der Waals surface area contributed by atoms with Crippen LogP contribution in [0, 0.1) is 6.92 Å². The summed E-state index contributed by atoms with van der Waals surface area (Å²) in [4.78, 5) is 5.34. The van der Waals surface area contributed by atoms with Crippen molar-refractivity contribution in [3.8, 4) is 9.88 Å². The molecule has 144 valence electrons. The van der Waals surface area contributed by atoms with Gasteiger partial charge in [0.2, 0.25) is 5.13 Å². The number of anilines is 1. The van der Waals surface area contributed by atoms with E-state index in [2.05, 4.69) is 33.5 Å². The summed E-state index contributed by atoms with van der Waals surface area (Å²) in [5.74, 6) is 0. The third kappa shape index (κ3) is 4.19. The molecule has 0 saturated heterocycles. The van der Waals surface area contributed by atoms with Crippen molar-refractivity contribution in [1.82, 2.24) is 15.2 Å². The number of nitrogens with one attached hydrogen (secondary N) is 1. The Morgan fingerprint density at radius 2 is 1.89 bits per heavy atom. The number of pyridine rings is 1. The van der Waals surface area contributed by atoms with Gasteiger partial charge in [-0.05, 0) is 41.5 Å². The molecule has 0 bridgehead atoms. The molecule has 3 N–H and O–H groups in total. The van der Waals surface area contributed by atoms with Gasteiger partial charge in [-0.15, -0.1) is 21.5 Å². The predicted molar refractivity (Wildman–Crippen MR) is 115 cm³/mol. The van der Waals surface area contributed by atoms with Gasteiger partial charge in [0, 0.05) is 25.0 Å². The summed E-state index contributed by atoms with van der Waals surface area (Å²) in [7, 11) is 0. The molecule has 1 atom stereocenters. The topological polar surface area (TPSA) is 76.7 Å². The summed E-state index contributed by atoms with van der Waals surface area (Å²) in [5, 5.41) is 14.7. The Kier molecular flexibility index (Phi) is 5.61. The van der Waals surface area contributed by atoms with Crippen LogP contribution in [0.3, 0.4) is 0 Å². The molecule has 0 aliphatic rings. The third-order valence-corrected chi connectivity index (χ3v) is 6.59. The van der Waals surface area contributed by atoms with Crippen molar-refractivity contribution >= 4 is 37.9 Å². The Morgan fingerprint density at radius 3 is 2.64 bits per heavy atom. The lowest BCUT2D eigenvalue weighted by Gasteiger charge is -2.12. The molecule has 4 rings (SSSR count). The molecule has 0 aliphatic heterocycles. The zero-order chi connectivity index (χ0) is 19.5. The summed E-state index contributed by atoms with van der Waals surface area (Å²) in [6.07, 6.45) is 4.47. The Balaban J connectivity index is 1.38. The first-order chi connectivity index (χ1) is 13.6. The number of nitrogens with zero attached hydrogens (tertiary/aromatic N) is 3. The van der Waals surface area contributed by atoms with E-state index < -0.39 is 6.67 Å². The lowest BCUT2D eigenvalue weighted by Crippen LogP contribution is -2.31. The first kappa shape index (κ1) is 18.9. The van der Waals surface area contributed by atoms with Crippen LogP contribution in [-0.2, 0) is 13.1 Å². The van der Waals surface area contributed by atoms with E-state index in [-0.39, 0.29) is 6.04 Å². The van der Waals surface area contributed by atoms with Gasteiger partial charge in [-0.1, -0.05) is 35.6 Å². The minimum atomic E-state index is -0.441. The van der Waals surface area contributed by atoms with Crippen molar-refractivity contribution in [2.75, 3.05) is 11.9 Å². The Bertz CT molecular complexity index is 1070. The van der Waals surface area contributed by atoms with E-state index in [0.717, 1.165) is 30.8 Å². The number of alkyl halides is 1. The maximum atomic E-state index is 12.6. The van der Waals surface area contributed by atoms with Crippen LogP contribution in [0.2, 0.25) is 0 Å². The zero-order valence-corrected chi connectivity index (χ0v) is 17.0. The largest absolute Gasteiger partial charge is 0.359 e. The van der Waals surface area contributed by atoms with Crippen molar-refractivity contribution < 1.29 is 4.39 Å². The van der Waals surface area contributed by atoms with E-state index >= 15 is 0 Å². The molecule has 3 aromatic heterocycles. The molecule has 0 amide bonds. The van der Waals surface area contributed by atoms with Crippen LogP contribution >= 0.6 is 22.7 Å². The minimum absolute atomic E-state index is 0.0679. The van der Waals surface area contributed by atoms with E-state index in [1.54, 1.807) is 23.5 Å². The Hall–Kier alpha value is -2.42. The second-order valence-electron chi connectivity index (χ2n) is 6.69. The van der Waals surface area contributed by atoms with Gasteiger partial charge in [-0.25, -0.2) is 4.39 Å². The summed E-state index contributed by atoms with van der Waals surface area (Å²) >= 11 is 3.19. The summed E-state index contributed by atoms with van der Waals surface area (Å²) in [6.45, 7) is 2.21. The maximum Gasteiger partial charge on any atom is 0.206 e. The van der Waals surface area contributed by atoms with Gasteiger partial charge in [-0.3, -0.25) is 4.98 Å². The summed E-state index contributed by atoms with van der Waals surface area (Å²) in [5.41, 5.74) is 9.17. The molecule has 5 nitrogen and oxygen atoms in total. The molecule has 0 radical (unpaired) electrons. The van der Waals surface area contributed by atoms with E-state index in [4.69, 9.17) is 5.73 Å². The second-order valence-corrected chi connectivity index (χ2v) is 8.75. The molecule has 0 saturated carbocycles. The molecule has 0 aliphatic carbocycles. The van der Waals surface area contributed by atoms with Crippen molar-refractivity contribution in [3.05, 3.63) is 59.4 Å². The van der Waals surface area contributed by atoms with Crippen molar-refractivity contribution in [1.29, 1.82) is 0 Å². The average Bonchev–Trinajstić information content (AvgIpc) is 3.34. The van der Waals surface area contributed by atoms with Crippen LogP contribution < -0.4 is 11.1 Å². The molecular weight excluding hydrogens is 393 g/mol. The molecule has 8 heteroatoms. The number of thiophene rings is 1.